The third kappa shape index (κ3) is 8.91. The average molecular weight is 669 g/mol. The van der Waals surface area contributed by atoms with Crippen LogP contribution in [-0.2, 0) is 19.0 Å². The number of rotatable bonds is 5. The fourth-order valence-electron chi connectivity index (χ4n) is 5.40. The number of primary amides is 1. The third-order valence-corrected chi connectivity index (χ3v) is 7.99. The molecule has 0 saturated carbocycles. The molecule has 3 rings (SSSR count). The highest BCUT2D eigenvalue weighted by atomic mass is 16.6. The van der Waals surface area contributed by atoms with Crippen molar-refractivity contribution in [3.05, 3.63) is 69.7 Å². The number of benzene rings is 1. The van der Waals surface area contributed by atoms with Crippen molar-refractivity contribution in [1.29, 1.82) is 0 Å². The molecule has 2 bridgehead atoms. The van der Waals surface area contributed by atoms with Crippen LogP contribution >= 0.6 is 0 Å². The van der Waals surface area contributed by atoms with Gasteiger partial charge in [-0.2, -0.15) is 0 Å². The zero-order valence-corrected chi connectivity index (χ0v) is 28.3. The van der Waals surface area contributed by atoms with Gasteiger partial charge in [-0.05, 0) is 52.7 Å². The number of aromatic hydroxyl groups is 2. The summed E-state index contributed by atoms with van der Waals surface area (Å²) in [5, 5.41) is 42.9. The minimum atomic E-state index is -1.06. The number of anilines is 2. The highest BCUT2D eigenvalue weighted by molar-refractivity contribution is 6.09. The Bertz CT molecular complexity index is 1640. The lowest BCUT2D eigenvalue weighted by Crippen LogP contribution is -2.36. The molecule has 0 aliphatic carbocycles. The van der Waals surface area contributed by atoms with E-state index in [4.69, 9.17) is 24.5 Å². The Morgan fingerprint density at radius 1 is 1.12 bits per heavy atom. The van der Waals surface area contributed by atoms with E-state index in [1.165, 1.54) is 39.4 Å². The second-order valence-corrected chi connectivity index (χ2v) is 11.7. The number of methoxy groups -OCH3 is 2. The molecule has 2 heterocycles. The van der Waals surface area contributed by atoms with E-state index in [0.29, 0.717) is 16.8 Å². The number of nitrogens with two attached hydrogens (primary N) is 1. The molecule has 1 aliphatic rings. The van der Waals surface area contributed by atoms with Gasteiger partial charge in [0.15, 0.2) is 6.10 Å². The van der Waals surface area contributed by atoms with Crippen LogP contribution in [0.2, 0.25) is 0 Å². The van der Waals surface area contributed by atoms with Crippen molar-refractivity contribution < 1.29 is 48.4 Å². The van der Waals surface area contributed by atoms with Crippen LogP contribution in [0.15, 0.2) is 51.6 Å². The molecule has 1 aromatic carbocycles. The Morgan fingerprint density at radius 3 is 2.40 bits per heavy atom. The van der Waals surface area contributed by atoms with Gasteiger partial charge in [0, 0.05) is 37.3 Å². The Balaban J connectivity index is 2.20. The van der Waals surface area contributed by atoms with E-state index in [9.17, 15) is 29.7 Å². The average Bonchev–Trinajstić information content (AvgIpc) is 3.37. The summed E-state index contributed by atoms with van der Waals surface area (Å²) in [4.78, 5) is 38.2. The van der Waals surface area contributed by atoms with E-state index in [1.807, 2.05) is 0 Å². The van der Waals surface area contributed by atoms with Crippen LogP contribution in [0.1, 0.15) is 61.5 Å². The molecule has 0 radical (unpaired) electrons. The summed E-state index contributed by atoms with van der Waals surface area (Å²) >= 11 is 0. The number of nitrogens with zero attached hydrogens (tertiary/aromatic N) is 1. The molecule has 7 N–H and O–H groups in total. The number of allylic oxidation sites excluding steroid dienone is 2. The van der Waals surface area contributed by atoms with Gasteiger partial charge >= 0.3 is 6.09 Å². The summed E-state index contributed by atoms with van der Waals surface area (Å²) in [5.74, 6) is -2.40. The lowest BCUT2D eigenvalue weighted by Gasteiger charge is -2.28. The molecule has 14 heteroatoms. The van der Waals surface area contributed by atoms with Crippen molar-refractivity contribution in [2.75, 3.05) is 24.9 Å². The number of aliphatic hydroxyl groups is 1. The molecule has 0 fully saturated rings. The number of hydrogen-bond donors (Lipinski definition) is 6. The lowest BCUT2D eigenvalue weighted by atomic mass is 9.91. The second-order valence-electron chi connectivity index (χ2n) is 11.7. The van der Waals surface area contributed by atoms with Gasteiger partial charge in [-0.15, -0.1) is 0 Å². The van der Waals surface area contributed by atoms with Gasteiger partial charge in [-0.3, -0.25) is 9.59 Å². The summed E-state index contributed by atoms with van der Waals surface area (Å²) in [6.45, 7) is 9.87. The van der Waals surface area contributed by atoms with Gasteiger partial charge in [0.25, 0.3) is 11.8 Å². The predicted octanol–water partition coefficient (Wildman–Crippen LogP) is 4.64. The summed E-state index contributed by atoms with van der Waals surface area (Å²) in [6, 6.07) is 1.11. The number of aromatic nitrogens is 1. The smallest absolute Gasteiger partial charge is 0.405 e. The standard InChI is InChI=1S/C34H44N4O10/c1-16-12-22-28(37-33(43)27-20(5)38-48-21(27)6)24(39)15-23(30(22)41)36-32(42)17(2)10-9-11-25(45-7)31(47-34(35)44)19(4)14-18(3)29(40)26(13-16)46-8/h9-12,14-15,18,25-26,29,31,39-41H,13H2,1-8H3,(H2,35,44)(H,36,42)(H,37,43). The summed E-state index contributed by atoms with van der Waals surface area (Å²) in [7, 11) is 2.86. The first-order valence-corrected chi connectivity index (χ1v) is 15.1. The van der Waals surface area contributed by atoms with Crippen LogP contribution in [0.25, 0.3) is 6.08 Å². The number of fused-ring (bicyclic) bond motifs is 2. The van der Waals surface area contributed by atoms with Gasteiger partial charge in [-0.25, -0.2) is 4.79 Å². The maximum absolute atomic E-state index is 13.3. The summed E-state index contributed by atoms with van der Waals surface area (Å²) in [6.07, 6.45) is 3.35. The SMILES string of the molecule is COC1C=CC=C(C)C(=O)Nc2cc(O)c(NC(=O)c3c(C)noc3C)c(c2O)C=C(C)CC(OC)C(O)C(C)C=C(C)C1OC(N)=O. The Hall–Kier alpha value is -4.92. The van der Waals surface area contributed by atoms with Crippen molar-refractivity contribution in [3.8, 4) is 11.5 Å². The largest absolute Gasteiger partial charge is 0.506 e. The fraction of sp³-hybridized carbons (Fsp3) is 0.412. The van der Waals surface area contributed by atoms with Crippen LogP contribution in [0.3, 0.4) is 0 Å². The van der Waals surface area contributed by atoms with E-state index in [-0.39, 0.29) is 40.3 Å². The van der Waals surface area contributed by atoms with Gasteiger partial charge < -0.3 is 50.4 Å². The van der Waals surface area contributed by atoms with E-state index in [2.05, 4.69) is 15.8 Å². The number of nitrogens with one attached hydrogen (secondary N) is 2. The molecule has 0 saturated heterocycles. The van der Waals surface area contributed by atoms with Crippen molar-refractivity contribution in [2.45, 2.75) is 72.4 Å². The maximum atomic E-state index is 13.3. The number of amides is 3. The predicted molar refractivity (Wildman–Crippen MR) is 178 cm³/mol. The molecule has 2 aromatic rings. The molecule has 5 atom stereocenters. The topological polar surface area (TPSA) is 216 Å². The lowest BCUT2D eigenvalue weighted by molar-refractivity contribution is -0.112. The zero-order valence-electron chi connectivity index (χ0n) is 28.3. The van der Waals surface area contributed by atoms with Gasteiger partial charge in [0.05, 0.1) is 29.3 Å². The zero-order chi connectivity index (χ0) is 35.9. The van der Waals surface area contributed by atoms with E-state index < -0.39 is 59.7 Å². The minimum absolute atomic E-state index is 0.00938. The molecule has 0 spiro atoms. The molecule has 48 heavy (non-hydrogen) atoms. The van der Waals surface area contributed by atoms with Crippen molar-refractivity contribution in [1.82, 2.24) is 5.16 Å². The van der Waals surface area contributed by atoms with Crippen molar-refractivity contribution in [3.63, 3.8) is 0 Å². The molecule has 5 unspecified atom stereocenters. The number of hydrogen-bond acceptors (Lipinski definition) is 11. The number of ether oxygens (including phenoxy) is 3. The highest BCUT2D eigenvalue weighted by Crippen LogP contribution is 2.43. The number of phenols is 2. The molecule has 14 nitrogen and oxygen atoms in total. The molecular weight excluding hydrogens is 624 g/mol. The van der Waals surface area contributed by atoms with Gasteiger partial charge in [0.2, 0.25) is 0 Å². The Kier molecular flexibility index (Phi) is 12.7. The number of aliphatic hydroxyl groups excluding tert-OH is 1. The first-order valence-electron chi connectivity index (χ1n) is 15.1. The van der Waals surface area contributed by atoms with Gasteiger partial charge in [-0.1, -0.05) is 42.0 Å². The highest BCUT2D eigenvalue weighted by Gasteiger charge is 2.29. The fourth-order valence-corrected chi connectivity index (χ4v) is 5.40. The third-order valence-electron chi connectivity index (χ3n) is 7.99. The maximum Gasteiger partial charge on any atom is 0.405 e. The molecule has 1 aliphatic heterocycles. The monoisotopic (exact) mass is 668 g/mol. The Morgan fingerprint density at radius 2 is 1.81 bits per heavy atom. The molecule has 260 valence electrons. The number of carbonyl (C=O) groups is 3. The Labute approximate surface area is 278 Å². The number of phenolic OH excluding ortho intramolecular Hbond substituents is 2. The quantitative estimate of drug-likeness (QED) is 0.147. The minimum Gasteiger partial charge on any atom is -0.506 e. The van der Waals surface area contributed by atoms with Crippen LogP contribution in [0, 0.1) is 19.8 Å². The van der Waals surface area contributed by atoms with E-state index >= 15 is 0 Å². The van der Waals surface area contributed by atoms with Crippen molar-refractivity contribution in [2.24, 2.45) is 11.7 Å². The molecular formula is C34H44N4O10. The summed E-state index contributed by atoms with van der Waals surface area (Å²) < 4.78 is 21.7. The van der Waals surface area contributed by atoms with E-state index in [1.54, 1.807) is 46.8 Å². The first-order chi connectivity index (χ1) is 22.6. The van der Waals surface area contributed by atoms with Crippen LogP contribution in [0.4, 0.5) is 16.2 Å². The summed E-state index contributed by atoms with van der Waals surface area (Å²) in [5.41, 5.74) is 6.89. The van der Waals surface area contributed by atoms with Crippen LogP contribution in [0.5, 0.6) is 11.5 Å². The normalized spacial score (nSPS) is 22.6. The van der Waals surface area contributed by atoms with Crippen molar-refractivity contribution >= 4 is 35.4 Å². The van der Waals surface area contributed by atoms with Crippen LogP contribution in [-0.4, -0.2) is 77.0 Å². The molecule has 1 aromatic heterocycles. The first kappa shape index (κ1) is 37.5. The molecule has 3 amide bonds. The van der Waals surface area contributed by atoms with Crippen LogP contribution < -0.4 is 16.4 Å². The number of aryl methyl sites for hydroxylation is 2. The number of carbonyl (C=O) groups excluding carboxylic acids is 3. The second kappa shape index (κ2) is 16.3. The van der Waals surface area contributed by atoms with E-state index in [0.717, 1.165) is 6.07 Å². The van der Waals surface area contributed by atoms with Gasteiger partial charge in [0.1, 0.15) is 28.9 Å².